The van der Waals surface area contributed by atoms with E-state index in [0.717, 1.165) is 37.2 Å². The van der Waals surface area contributed by atoms with E-state index >= 15 is 0 Å². The highest BCUT2D eigenvalue weighted by Gasteiger charge is 2.16. The lowest BCUT2D eigenvalue weighted by Crippen LogP contribution is -2.38. The van der Waals surface area contributed by atoms with Crippen LogP contribution in [0.4, 0.5) is 4.79 Å². The fraction of sp³-hybridized carbons (Fsp3) is 0.529. The molecule has 2 aromatic heterocycles. The minimum absolute atomic E-state index is 0.0376. The molecule has 1 aliphatic heterocycles. The first kappa shape index (κ1) is 17.2. The number of amides is 2. The van der Waals surface area contributed by atoms with Crippen LogP contribution in [0.5, 0.6) is 0 Å². The lowest BCUT2D eigenvalue weighted by Gasteiger charge is -2.14. The molecule has 0 saturated heterocycles. The molecule has 0 unspecified atom stereocenters. The van der Waals surface area contributed by atoms with Gasteiger partial charge in [0.25, 0.3) is 0 Å². The van der Waals surface area contributed by atoms with Crippen molar-refractivity contribution in [2.24, 2.45) is 0 Å². The maximum absolute atomic E-state index is 12.2. The van der Waals surface area contributed by atoms with Crippen LogP contribution in [0.25, 0.3) is 0 Å². The van der Waals surface area contributed by atoms with Crippen LogP contribution in [-0.4, -0.2) is 31.9 Å². The monoisotopic (exact) mass is 344 g/mol. The summed E-state index contributed by atoms with van der Waals surface area (Å²) in [7, 11) is 0. The molecule has 134 valence electrons. The fourth-order valence-corrected chi connectivity index (χ4v) is 2.99. The van der Waals surface area contributed by atoms with Crippen LogP contribution >= 0.6 is 0 Å². The van der Waals surface area contributed by atoms with Gasteiger partial charge in [-0.1, -0.05) is 6.07 Å². The number of aromatic nitrogens is 4. The van der Waals surface area contributed by atoms with Crippen molar-refractivity contribution in [1.29, 1.82) is 0 Å². The second kappa shape index (κ2) is 7.96. The number of nitrogens with zero attached hydrogens (tertiary/aromatic N) is 4. The number of nitrogens with one attached hydrogen (secondary N) is 2. The Hall–Kier alpha value is -2.64. The third kappa shape index (κ3) is 4.26. The second-order valence-electron chi connectivity index (χ2n) is 6.29. The molecule has 0 aliphatic carbocycles. The number of hydrogen-bond acceptors (Lipinski definition) is 4. The highest BCUT2D eigenvalue weighted by molar-refractivity contribution is 5.74. The van der Waals surface area contributed by atoms with Crippen molar-refractivity contribution in [1.82, 2.24) is 30.0 Å². The first-order valence-corrected chi connectivity index (χ1v) is 8.76. The van der Waals surface area contributed by atoms with Gasteiger partial charge in [0.05, 0.1) is 6.04 Å². The molecule has 2 N–H and O–H groups in total. The highest BCUT2D eigenvalue weighted by Crippen LogP contribution is 2.10. The summed E-state index contributed by atoms with van der Waals surface area (Å²) in [6, 6.07) is 3.42. The predicted molar refractivity (Wildman–Crippen MR) is 93.2 cm³/mol. The molecule has 0 aromatic carbocycles. The number of rotatable bonds is 6. The zero-order valence-corrected chi connectivity index (χ0v) is 14.4. The third-order valence-electron chi connectivity index (χ3n) is 4.40. The minimum atomic E-state index is -0.229. The Bertz CT molecular complexity index is 767. The molecule has 0 saturated carbocycles. The topological polar surface area (TPSA) is 93.8 Å². The number of aryl methyl sites for hydroxylation is 2. The van der Waals surface area contributed by atoms with E-state index in [0.29, 0.717) is 19.5 Å². The van der Waals surface area contributed by atoms with E-state index < -0.39 is 0 Å². The molecule has 2 aromatic rings. The van der Waals surface area contributed by atoms with E-state index in [1.165, 1.54) is 4.68 Å². The maximum atomic E-state index is 12.2. The van der Waals surface area contributed by atoms with Gasteiger partial charge in [0.1, 0.15) is 5.82 Å². The number of fused-ring (bicyclic) bond motifs is 1. The highest BCUT2D eigenvalue weighted by atomic mass is 16.2. The zero-order chi connectivity index (χ0) is 17.6. The fourth-order valence-electron chi connectivity index (χ4n) is 2.99. The van der Waals surface area contributed by atoms with Crippen molar-refractivity contribution in [2.45, 2.75) is 51.7 Å². The summed E-state index contributed by atoms with van der Waals surface area (Å²) >= 11 is 0. The summed E-state index contributed by atoms with van der Waals surface area (Å²) in [5, 5.41) is 10.1. The molecule has 3 rings (SSSR count). The molecule has 0 fully saturated rings. The Balaban J connectivity index is 1.42. The largest absolute Gasteiger partial charge is 0.345 e. The molecular formula is C17H24N6O2. The molecule has 1 atom stereocenters. The predicted octanol–water partition coefficient (Wildman–Crippen LogP) is 1.23. The van der Waals surface area contributed by atoms with E-state index in [-0.39, 0.29) is 17.8 Å². The van der Waals surface area contributed by atoms with E-state index in [1.807, 2.05) is 19.1 Å². The van der Waals surface area contributed by atoms with Crippen molar-refractivity contribution in [2.75, 3.05) is 6.54 Å². The normalized spacial score (nSPS) is 14.6. The van der Waals surface area contributed by atoms with Crippen LogP contribution in [-0.2, 0) is 19.5 Å². The minimum Gasteiger partial charge on any atom is -0.338 e. The van der Waals surface area contributed by atoms with Gasteiger partial charge in [0.2, 0.25) is 0 Å². The average molecular weight is 344 g/mol. The molecule has 0 radical (unpaired) electrons. The van der Waals surface area contributed by atoms with Gasteiger partial charge in [0.15, 0.2) is 0 Å². The standard InChI is InChI=1S/C17H24N6O2/c1-13(14-6-4-8-18-12-14)20-16(24)19-9-5-11-23-17(25)22-10-3-2-7-15(22)21-23/h4,6,8,12-13H,2-3,5,7,9-11H2,1H3,(H2,19,20,24)/t13-/m1/s1. The van der Waals surface area contributed by atoms with Crippen molar-refractivity contribution in [3.63, 3.8) is 0 Å². The van der Waals surface area contributed by atoms with Crippen LogP contribution in [0.15, 0.2) is 29.3 Å². The molecule has 25 heavy (non-hydrogen) atoms. The van der Waals surface area contributed by atoms with Crippen molar-refractivity contribution < 1.29 is 4.79 Å². The Kier molecular flexibility index (Phi) is 5.47. The first-order chi connectivity index (χ1) is 12.1. The van der Waals surface area contributed by atoms with Gasteiger partial charge < -0.3 is 10.6 Å². The van der Waals surface area contributed by atoms with Gasteiger partial charge >= 0.3 is 11.7 Å². The second-order valence-corrected chi connectivity index (χ2v) is 6.29. The molecule has 0 bridgehead atoms. The quantitative estimate of drug-likeness (QED) is 0.771. The van der Waals surface area contributed by atoms with E-state index in [1.54, 1.807) is 17.0 Å². The van der Waals surface area contributed by atoms with Gasteiger partial charge in [-0.25, -0.2) is 14.3 Å². The molecule has 0 spiro atoms. The van der Waals surface area contributed by atoms with E-state index in [4.69, 9.17) is 0 Å². The van der Waals surface area contributed by atoms with Crippen molar-refractivity contribution in [3.8, 4) is 0 Å². The Labute approximate surface area is 146 Å². The Morgan fingerprint density at radius 2 is 2.28 bits per heavy atom. The van der Waals surface area contributed by atoms with E-state index in [9.17, 15) is 9.59 Å². The lowest BCUT2D eigenvalue weighted by molar-refractivity contribution is 0.237. The first-order valence-electron chi connectivity index (χ1n) is 8.76. The number of hydrogen-bond donors (Lipinski definition) is 2. The van der Waals surface area contributed by atoms with Gasteiger partial charge in [0, 0.05) is 38.4 Å². The van der Waals surface area contributed by atoms with Crippen molar-refractivity contribution in [3.05, 3.63) is 46.4 Å². The molecule has 2 amide bonds. The Morgan fingerprint density at radius 3 is 3.04 bits per heavy atom. The maximum Gasteiger partial charge on any atom is 0.345 e. The number of carbonyl (C=O) groups is 1. The summed E-state index contributed by atoms with van der Waals surface area (Å²) in [5.41, 5.74) is 0.914. The smallest absolute Gasteiger partial charge is 0.338 e. The van der Waals surface area contributed by atoms with Gasteiger partial charge in [-0.2, -0.15) is 5.10 Å². The van der Waals surface area contributed by atoms with E-state index in [2.05, 4.69) is 20.7 Å². The van der Waals surface area contributed by atoms with Crippen LogP contribution in [0.3, 0.4) is 0 Å². The van der Waals surface area contributed by atoms with Gasteiger partial charge in [-0.05, 0) is 37.8 Å². The van der Waals surface area contributed by atoms with Crippen LogP contribution in [0.1, 0.15) is 43.6 Å². The zero-order valence-electron chi connectivity index (χ0n) is 14.4. The van der Waals surface area contributed by atoms with Crippen LogP contribution < -0.4 is 16.3 Å². The Morgan fingerprint density at radius 1 is 1.40 bits per heavy atom. The molecule has 3 heterocycles. The summed E-state index contributed by atoms with van der Waals surface area (Å²) < 4.78 is 3.28. The number of pyridine rings is 1. The summed E-state index contributed by atoms with van der Waals surface area (Å²) in [6.45, 7) is 3.67. The number of urea groups is 1. The summed E-state index contributed by atoms with van der Waals surface area (Å²) in [6.07, 6.45) is 7.09. The average Bonchev–Trinajstić information content (AvgIpc) is 2.96. The molecule has 8 heteroatoms. The molecule has 1 aliphatic rings. The van der Waals surface area contributed by atoms with Crippen molar-refractivity contribution >= 4 is 6.03 Å². The van der Waals surface area contributed by atoms with Gasteiger partial charge in [-0.3, -0.25) is 9.55 Å². The summed E-state index contributed by atoms with van der Waals surface area (Å²) in [4.78, 5) is 28.2. The van der Waals surface area contributed by atoms with Crippen LogP contribution in [0.2, 0.25) is 0 Å². The SMILES string of the molecule is C[C@@H](NC(=O)NCCCn1nc2n(c1=O)CCCC2)c1cccnc1. The third-order valence-corrected chi connectivity index (χ3v) is 4.40. The van der Waals surface area contributed by atoms with Gasteiger partial charge in [-0.15, -0.1) is 0 Å². The number of carbonyl (C=O) groups excluding carboxylic acids is 1. The molecule has 8 nitrogen and oxygen atoms in total. The van der Waals surface area contributed by atoms with Crippen LogP contribution in [0, 0.1) is 0 Å². The molecular weight excluding hydrogens is 320 g/mol. The summed E-state index contributed by atoms with van der Waals surface area (Å²) in [5.74, 6) is 0.882. The lowest BCUT2D eigenvalue weighted by atomic mass is 10.1.